The number of nitrogens with one attached hydrogen (secondary N) is 1. The second-order valence-electron chi connectivity index (χ2n) is 3.59. The molecule has 2 aromatic rings. The van der Waals surface area contributed by atoms with E-state index in [0.29, 0.717) is 6.54 Å². The van der Waals surface area contributed by atoms with Gasteiger partial charge in [0.15, 0.2) is 0 Å². The summed E-state index contributed by atoms with van der Waals surface area (Å²) >= 11 is 8.40. The van der Waals surface area contributed by atoms with Gasteiger partial charge in [0.05, 0.1) is 3.79 Å². The molecule has 0 fully saturated rings. The second kappa shape index (κ2) is 6.09. The van der Waals surface area contributed by atoms with Gasteiger partial charge < -0.3 is 5.32 Å². The number of benzene rings is 1. The Balaban J connectivity index is 1.89. The third kappa shape index (κ3) is 4.17. The minimum atomic E-state index is -0.213. The molecule has 5 heteroatoms. The summed E-state index contributed by atoms with van der Waals surface area (Å²) in [4.78, 5) is 1.26. The highest BCUT2D eigenvalue weighted by molar-refractivity contribution is 9.11. The van der Waals surface area contributed by atoms with Crippen LogP contribution in [0.3, 0.4) is 0 Å². The summed E-state index contributed by atoms with van der Waals surface area (Å²) < 4.78 is 15.0. The molecule has 0 aliphatic rings. The molecular formula is C12H10Br2FNS. The first kappa shape index (κ1) is 13.2. The third-order valence-electron chi connectivity index (χ3n) is 2.18. The first-order valence-corrected chi connectivity index (χ1v) is 7.43. The molecule has 0 amide bonds. The first-order valence-electron chi connectivity index (χ1n) is 5.03. The summed E-state index contributed by atoms with van der Waals surface area (Å²) in [5.74, 6) is -0.213. The standard InChI is InChI=1S/C12H10Br2FNS/c13-9-3-8(4-10(15)5-9)6-16-7-11-1-2-12(14)17-11/h1-5,16H,6-7H2. The molecule has 1 N–H and O–H groups in total. The molecule has 0 radical (unpaired) electrons. The predicted octanol–water partition coefficient (Wildman–Crippen LogP) is 4.70. The Morgan fingerprint density at radius 3 is 2.59 bits per heavy atom. The molecule has 0 unspecified atom stereocenters. The Bertz CT molecular complexity index is 493. The summed E-state index contributed by atoms with van der Waals surface area (Å²) in [5.41, 5.74) is 0.937. The van der Waals surface area contributed by atoms with Crippen LogP contribution in [0.2, 0.25) is 0 Å². The van der Waals surface area contributed by atoms with E-state index in [2.05, 4.69) is 43.2 Å². The zero-order valence-corrected chi connectivity index (χ0v) is 12.8. The lowest BCUT2D eigenvalue weighted by molar-refractivity contribution is 0.619. The van der Waals surface area contributed by atoms with Crippen molar-refractivity contribution in [1.29, 1.82) is 0 Å². The van der Waals surface area contributed by atoms with Crippen molar-refractivity contribution in [3.05, 3.63) is 54.8 Å². The van der Waals surface area contributed by atoms with Crippen LogP contribution >= 0.6 is 43.2 Å². The average molecular weight is 379 g/mol. The normalized spacial score (nSPS) is 10.8. The van der Waals surface area contributed by atoms with Gasteiger partial charge in [-0.1, -0.05) is 15.9 Å². The van der Waals surface area contributed by atoms with Crippen LogP contribution in [0.25, 0.3) is 0 Å². The lowest BCUT2D eigenvalue weighted by atomic mass is 10.2. The minimum absolute atomic E-state index is 0.213. The Labute approximate surface area is 120 Å². The average Bonchev–Trinajstić information content (AvgIpc) is 2.63. The van der Waals surface area contributed by atoms with Crippen molar-refractivity contribution >= 4 is 43.2 Å². The fourth-order valence-electron chi connectivity index (χ4n) is 1.49. The summed E-state index contributed by atoms with van der Waals surface area (Å²) in [6, 6.07) is 9.02. The molecule has 0 atom stereocenters. The molecule has 1 nitrogen and oxygen atoms in total. The van der Waals surface area contributed by atoms with Crippen molar-refractivity contribution in [2.24, 2.45) is 0 Å². The van der Waals surface area contributed by atoms with Gasteiger partial charge in [-0.25, -0.2) is 4.39 Å². The van der Waals surface area contributed by atoms with Crippen LogP contribution in [0.15, 0.2) is 38.6 Å². The van der Waals surface area contributed by atoms with Crippen LogP contribution in [-0.4, -0.2) is 0 Å². The molecule has 0 aliphatic carbocycles. The van der Waals surface area contributed by atoms with Gasteiger partial charge >= 0.3 is 0 Å². The molecule has 0 spiro atoms. The van der Waals surface area contributed by atoms with Crippen LogP contribution < -0.4 is 5.32 Å². The number of rotatable bonds is 4. The van der Waals surface area contributed by atoms with Crippen LogP contribution in [0.1, 0.15) is 10.4 Å². The van der Waals surface area contributed by atoms with Crippen molar-refractivity contribution in [1.82, 2.24) is 5.32 Å². The summed E-state index contributed by atoms with van der Waals surface area (Å²) in [6.45, 7) is 1.45. The van der Waals surface area contributed by atoms with Crippen LogP contribution in [0.4, 0.5) is 4.39 Å². The first-order chi connectivity index (χ1) is 8.13. The summed E-state index contributed by atoms with van der Waals surface area (Å²) in [6.07, 6.45) is 0. The quantitative estimate of drug-likeness (QED) is 0.812. The zero-order chi connectivity index (χ0) is 12.3. The van der Waals surface area contributed by atoms with E-state index in [1.165, 1.54) is 10.9 Å². The third-order valence-corrected chi connectivity index (χ3v) is 4.26. The van der Waals surface area contributed by atoms with E-state index in [0.717, 1.165) is 20.4 Å². The molecule has 1 aromatic carbocycles. The topological polar surface area (TPSA) is 12.0 Å². The largest absolute Gasteiger partial charge is 0.308 e. The minimum Gasteiger partial charge on any atom is -0.308 e. The van der Waals surface area contributed by atoms with E-state index in [9.17, 15) is 4.39 Å². The molecule has 0 aliphatic heterocycles. The second-order valence-corrected chi connectivity index (χ2v) is 7.05. The van der Waals surface area contributed by atoms with Gasteiger partial charge in [0.1, 0.15) is 5.82 Å². The number of thiophene rings is 1. The number of halogens is 3. The van der Waals surface area contributed by atoms with Crippen molar-refractivity contribution < 1.29 is 4.39 Å². The summed E-state index contributed by atoms with van der Waals surface area (Å²) in [7, 11) is 0. The van der Waals surface area contributed by atoms with Gasteiger partial charge in [-0.2, -0.15) is 0 Å². The fourth-order valence-corrected chi connectivity index (χ4v) is 3.46. The Kier molecular flexibility index (Phi) is 4.73. The maximum Gasteiger partial charge on any atom is 0.124 e. The van der Waals surface area contributed by atoms with Crippen molar-refractivity contribution in [3.8, 4) is 0 Å². The highest BCUT2D eigenvalue weighted by atomic mass is 79.9. The molecular weight excluding hydrogens is 369 g/mol. The smallest absolute Gasteiger partial charge is 0.124 e. The van der Waals surface area contributed by atoms with Crippen LogP contribution in [0.5, 0.6) is 0 Å². The van der Waals surface area contributed by atoms with Gasteiger partial charge in [0.25, 0.3) is 0 Å². The van der Waals surface area contributed by atoms with Crippen LogP contribution in [-0.2, 0) is 13.1 Å². The van der Waals surface area contributed by atoms with E-state index in [1.54, 1.807) is 17.4 Å². The van der Waals surface area contributed by atoms with Gasteiger partial charge in [-0.3, -0.25) is 0 Å². The zero-order valence-electron chi connectivity index (χ0n) is 8.84. The SMILES string of the molecule is Fc1cc(Br)cc(CNCc2ccc(Br)s2)c1. The van der Waals surface area contributed by atoms with Crippen LogP contribution in [0, 0.1) is 5.82 Å². The maximum absolute atomic E-state index is 13.1. The van der Waals surface area contributed by atoms with Gasteiger partial charge in [0, 0.05) is 22.4 Å². The number of hydrogen-bond acceptors (Lipinski definition) is 2. The van der Waals surface area contributed by atoms with Crippen molar-refractivity contribution in [2.75, 3.05) is 0 Å². The summed E-state index contributed by atoms with van der Waals surface area (Å²) in [5, 5.41) is 3.29. The van der Waals surface area contributed by atoms with Gasteiger partial charge in [-0.05, 0) is 51.8 Å². The predicted molar refractivity (Wildman–Crippen MR) is 76.7 cm³/mol. The van der Waals surface area contributed by atoms with Crippen molar-refractivity contribution in [3.63, 3.8) is 0 Å². The lowest BCUT2D eigenvalue weighted by Gasteiger charge is -2.04. The Morgan fingerprint density at radius 1 is 1.12 bits per heavy atom. The highest BCUT2D eigenvalue weighted by Crippen LogP contribution is 2.22. The fraction of sp³-hybridized carbons (Fsp3) is 0.167. The van der Waals surface area contributed by atoms with E-state index < -0.39 is 0 Å². The van der Waals surface area contributed by atoms with Gasteiger partial charge in [-0.15, -0.1) is 11.3 Å². The van der Waals surface area contributed by atoms with Gasteiger partial charge in [0.2, 0.25) is 0 Å². The van der Waals surface area contributed by atoms with Crippen molar-refractivity contribution in [2.45, 2.75) is 13.1 Å². The Hall–Kier alpha value is -0.230. The molecule has 0 saturated carbocycles. The number of hydrogen-bond donors (Lipinski definition) is 1. The lowest BCUT2D eigenvalue weighted by Crippen LogP contribution is -2.11. The molecule has 1 heterocycles. The molecule has 90 valence electrons. The highest BCUT2D eigenvalue weighted by Gasteiger charge is 2.00. The molecule has 1 aromatic heterocycles. The maximum atomic E-state index is 13.1. The Morgan fingerprint density at radius 2 is 1.94 bits per heavy atom. The van der Waals surface area contributed by atoms with E-state index in [-0.39, 0.29) is 5.82 Å². The van der Waals surface area contributed by atoms with E-state index in [1.807, 2.05) is 12.1 Å². The van der Waals surface area contributed by atoms with E-state index >= 15 is 0 Å². The monoisotopic (exact) mass is 377 g/mol. The van der Waals surface area contributed by atoms with E-state index in [4.69, 9.17) is 0 Å². The molecule has 0 bridgehead atoms. The molecule has 0 saturated heterocycles. The molecule has 17 heavy (non-hydrogen) atoms. The molecule has 2 rings (SSSR count).